The van der Waals surface area contributed by atoms with E-state index in [9.17, 15) is 9.59 Å². The van der Waals surface area contributed by atoms with Gasteiger partial charge in [0, 0.05) is 31.4 Å². The van der Waals surface area contributed by atoms with Crippen LogP contribution in [0.1, 0.15) is 28.8 Å². The molecule has 28 heavy (non-hydrogen) atoms. The number of carbonyl (C=O) groups excluding carboxylic acids is 2. The van der Waals surface area contributed by atoms with E-state index in [1.54, 1.807) is 18.3 Å². The van der Waals surface area contributed by atoms with Crippen LogP contribution in [0, 0.1) is 0 Å². The number of halogens is 2. The largest absolute Gasteiger partial charge is 0.350 e. The zero-order valence-corrected chi connectivity index (χ0v) is 17.1. The van der Waals surface area contributed by atoms with Crippen LogP contribution in [0.15, 0.2) is 54.9 Å². The molecule has 2 amide bonds. The Labute approximate surface area is 177 Å². The molecule has 0 spiro atoms. The number of rotatable bonds is 6. The summed E-state index contributed by atoms with van der Waals surface area (Å²) in [6.07, 6.45) is 5.54. The lowest BCUT2D eigenvalue weighted by Crippen LogP contribution is -2.53. The number of amides is 2. The van der Waals surface area contributed by atoms with Crippen LogP contribution in [-0.2, 0) is 11.2 Å². The molecule has 0 bridgehead atoms. The van der Waals surface area contributed by atoms with Gasteiger partial charge < -0.3 is 16.0 Å². The number of nitrogens with one attached hydrogen (secondary N) is 3. The third kappa shape index (κ3) is 7.11. The summed E-state index contributed by atoms with van der Waals surface area (Å²) in [7, 11) is 0. The predicted molar refractivity (Wildman–Crippen MR) is 114 cm³/mol. The molecule has 2 heterocycles. The van der Waals surface area contributed by atoms with Gasteiger partial charge in [-0.15, -0.1) is 24.8 Å². The summed E-state index contributed by atoms with van der Waals surface area (Å²) in [6.45, 7) is 1.75. The SMILES string of the molecule is Cl.Cl.O=C(NC(Cc1ccccc1)C(=O)N[C@H]1CCCNC1)c1cccnc1. The molecule has 6 nitrogen and oxygen atoms in total. The van der Waals surface area contributed by atoms with Crippen molar-refractivity contribution >= 4 is 36.6 Å². The Morgan fingerprint density at radius 1 is 1.14 bits per heavy atom. The Morgan fingerprint density at radius 2 is 1.93 bits per heavy atom. The molecule has 1 unspecified atom stereocenters. The predicted octanol–water partition coefficient (Wildman–Crippen LogP) is 2.13. The van der Waals surface area contributed by atoms with Gasteiger partial charge in [-0.25, -0.2) is 0 Å². The second-order valence-corrected chi connectivity index (χ2v) is 6.51. The van der Waals surface area contributed by atoms with Gasteiger partial charge in [0.1, 0.15) is 6.04 Å². The van der Waals surface area contributed by atoms with E-state index >= 15 is 0 Å². The summed E-state index contributed by atoms with van der Waals surface area (Å²) in [5.74, 6) is -0.448. The Kier molecular flexibility index (Phi) is 10.5. The maximum Gasteiger partial charge on any atom is 0.253 e. The first kappa shape index (κ1) is 23.9. The minimum atomic E-state index is -0.632. The van der Waals surface area contributed by atoms with Crippen molar-refractivity contribution in [2.24, 2.45) is 0 Å². The Morgan fingerprint density at radius 3 is 2.57 bits per heavy atom. The maximum absolute atomic E-state index is 12.8. The van der Waals surface area contributed by atoms with E-state index in [0.717, 1.165) is 31.5 Å². The third-order valence-electron chi connectivity index (χ3n) is 4.47. The van der Waals surface area contributed by atoms with Gasteiger partial charge in [-0.05, 0) is 37.1 Å². The zero-order chi connectivity index (χ0) is 18.2. The fraction of sp³-hybridized carbons (Fsp3) is 0.350. The molecule has 1 fully saturated rings. The van der Waals surface area contributed by atoms with E-state index in [4.69, 9.17) is 0 Å². The van der Waals surface area contributed by atoms with E-state index in [1.165, 1.54) is 6.20 Å². The summed E-state index contributed by atoms with van der Waals surface area (Å²) >= 11 is 0. The van der Waals surface area contributed by atoms with Gasteiger partial charge in [-0.2, -0.15) is 0 Å². The molecule has 2 aromatic rings. The van der Waals surface area contributed by atoms with Gasteiger partial charge >= 0.3 is 0 Å². The molecule has 8 heteroatoms. The van der Waals surface area contributed by atoms with E-state index in [1.807, 2.05) is 30.3 Å². The first-order chi connectivity index (χ1) is 12.7. The normalized spacial score (nSPS) is 16.6. The van der Waals surface area contributed by atoms with Crippen LogP contribution in [0.3, 0.4) is 0 Å². The van der Waals surface area contributed by atoms with Crippen LogP contribution >= 0.6 is 24.8 Å². The smallest absolute Gasteiger partial charge is 0.253 e. The standard InChI is InChI=1S/C20H24N4O2.2ClH/c25-19(16-8-4-10-21-13-16)24-18(12-15-6-2-1-3-7-15)20(26)23-17-9-5-11-22-14-17;;/h1-4,6-8,10,13,17-18,22H,5,9,11-12,14H2,(H,23,26)(H,24,25);2*1H/t17-,18?;;/m0../s1. The van der Waals surface area contributed by atoms with Crippen LogP contribution < -0.4 is 16.0 Å². The lowest BCUT2D eigenvalue weighted by molar-refractivity contribution is -0.123. The van der Waals surface area contributed by atoms with Crippen LogP contribution in [0.5, 0.6) is 0 Å². The number of hydrogen-bond donors (Lipinski definition) is 3. The number of benzene rings is 1. The fourth-order valence-corrected chi connectivity index (χ4v) is 3.07. The van der Waals surface area contributed by atoms with Crippen molar-refractivity contribution in [3.8, 4) is 0 Å². The molecule has 1 aliphatic heterocycles. The number of hydrogen-bond acceptors (Lipinski definition) is 4. The quantitative estimate of drug-likeness (QED) is 0.662. The molecule has 152 valence electrons. The lowest BCUT2D eigenvalue weighted by atomic mass is 10.0. The first-order valence-electron chi connectivity index (χ1n) is 8.98. The molecule has 1 aromatic heterocycles. The average Bonchev–Trinajstić information content (AvgIpc) is 2.69. The third-order valence-corrected chi connectivity index (χ3v) is 4.47. The van der Waals surface area contributed by atoms with Crippen molar-refractivity contribution in [1.82, 2.24) is 20.9 Å². The topological polar surface area (TPSA) is 83.1 Å². The number of aromatic nitrogens is 1. The summed E-state index contributed by atoms with van der Waals surface area (Å²) in [5, 5.41) is 9.21. The molecule has 3 rings (SSSR count). The Bertz CT molecular complexity index is 726. The maximum atomic E-state index is 12.8. The average molecular weight is 425 g/mol. The Hall–Kier alpha value is -2.15. The molecule has 3 N–H and O–H groups in total. The summed E-state index contributed by atoms with van der Waals surface area (Å²) in [4.78, 5) is 29.3. The number of nitrogens with zero attached hydrogens (tertiary/aromatic N) is 1. The van der Waals surface area contributed by atoms with Crippen molar-refractivity contribution in [1.29, 1.82) is 0 Å². The van der Waals surface area contributed by atoms with Crippen LogP contribution in [0.2, 0.25) is 0 Å². The van der Waals surface area contributed by atoms with E-state index in [-0.39, 0.29) is 42.7 Å². The van der Waals surface area contributed by atoms with Crippen LogP contribution in [-0.4, -0.2) is 42.0 Å². The highest BCUT2D eigenvalue weighted by atomic mass is 35.5. The molecular formula is C20H26Cl2N4O2. The van der Waals surface area contributed by atoms with Crippen LogP contribution in [0.25, 0.3) is 0 Å². The molecule has 1 saturated heterocycles. The minimum Gasteiger partial charge on any atom is -0.350 e. The molecule has 0 radical (unpaired) electrons. The number of pyridine rings is 1. The van der Waals surface area contributed by atoms with E-state index in [2.05, 4.69) is 20.9 Å². The van der Waals surface area contributed by atoms with Gasteiger partial charge in [-0.1, -0.05) is 30.3 Å². The van der Waals surface area contributed by atoms with Gasteiger partial charge in [0.2, 0.25) is 5.91 Å². The van der Waals surface area contributed by atoms with Gasteiger partial charge in [0.05, 0.1) is 5.56 Å². The zero-order valence-electron chi connectivity index (χ0n) is 15.5. The van der Waals surface area contributed by atoms with Gasteiger partial charge in [-0.3, -0.25) is 14.6 Å². The van der Waals surface area contributed by atoms with Crippen molar-refractivity contribution in [2.45, 2.75) is 31.3 Å². The second kappa shape index (κ2) is 12.3. The van der Waals surface area contributed by atoms with E-state index < -0.39 is 6.04 Å². The molecule has 2 atom stereocenters. The molecule has 0 aliphatic carbocycles. The number of piperidine rings is 1. The summed E-state index contributed by atoms with van der Waals surface area (Å²) in [6, 6.07) is 12.6. The van der Waals surface area contributed by atoms with Crippen LogP contribution in [0.4, 0.5) is 0 Å². The summed E-state index contributed by atoms with van der Waals surface area (Å²) in [5.41, 5.74) is 1.44. The van der Waals surface area contributed by atoms with Crippen molar-refractivity contribution in [3.05, 3.63) is 66.0 Å². The Balaban J connectivity index is 0.00000196. The molecule has 0 saturated carbocycles. The van der Waals surface area contributed by atoms with Gasteiger partial charge in [0.25, 0.3) is 5.91 Å². The monoisotopic (exact) mass is 424 g/mol. The minimum absolute atomic E-state index is 0. The molecule has 1 aliphatic rings. The molecule has 1 aromatic carbocycles. The lowest BCUT2D eigenvalue weighted by Gasteiger charge is -2.26. The van der Waals surface area contributed by atoms with Crippen molar-refractivity contribution < 1.29 is 9.59 Å². The van der Waals surface area contributed by atoms with E-state index in [0.29, 0.717) is 12.0 Å². The van der Waals surface area contributed by atoms with Crippen molar-refractivity contribution in [3.63, 3.8) is 0 Å². The van der Waals surface area contributed by atoms with Crippen molar-refractivity contribution in [2.75, 3.05) is 13.1 Å². The fourth-order valence-electron chi connectivity index (χ4n) is 3.07. The number of carbonyl (C=O) groups is 2. The molecular weight excluding hydrogens is 399 g/mol. The highest BCUT2D eigenvalue weighted by Crippen LogP contribution is 2.07. The van der Waals surface area contributed by atoms with Gasteiger partial charge in [0.15, 0.2) is 0 Å². The highest BCUT2D eigenvalue weighted by molar-refractivity contribution is 5.97. The highest BCUT2D eigenvalue weighted by Gasteiger charge is 2.25. The summed E-state index contributed by atoms with van der Waals surface area (Å²) < 4.78 is 0. The first-order valence-corrected chi connectivity index (χ1v) is 8.98. The second-order valence-electron chi connectivity index (χ2n) is 6.51.